The molecule has 0 saturated carbocycles. The Balaban J connectivity index is 1.96. The molecule has 0 aliphatic carbocycles. The number of phenols is 1. The molecule has 21 heavy (non-hydrogen) atoms. The number of aliphatic imine (C=N–C) groups is 1. The van der Waals surface area contributed by atoms with Gasteiger partial charge in [-0.25, -0.2) is 13.8 Å². The Morgan fingerprint density at radius 3 is 2.67 bits per heavy atom. The van der Waals surface area contributed by atoms with E-state index in [2.05, 4.69) is 15.0 Å². The second-order valence-corrected chi connectivity index (χ2v) is 5.44. The molecule has 2 aromatic carbocycles. The Morgan fingerprint density at radius 2 is 1.95 bits per heavy atom. The fourth-order valence-corrected chi connectivity index (χ4v) is 2.79. The average Bonchev–Trinajstić information content (AvgIpc) is 2.43. The fourth-order valence-electron chi connectivity index (χ4n) is 1.78. The second kappa shape index (κ2) is 5.42. The van der Waals surface area contributed by atoms with E-state index in [9.17, 15) is 13.9 Å². The lowest BCUT2D eigenvalue weighted by atomic mass is 10.3. The molecule has 8 heteroatoms. The summed E-state index contributed by atoms with van der Waals surface area (Å²) in [5, 5.41) is 12.7. The Labute approximate surface area is 128 Å². The lowest BCUT2D eigenvalue weighted by Crippen LogP contribution is -2.27. The standard InChI is InChI=1S/C13H8ClF2N3OS/c14-6-4-9(20)12-10(5-6)21-19-13(18-12)17-11-7(15)2-1-3-8(11)16/h1-5,20H,(H2,17,18,19). The predicted molar refractivity (Wildman–Crippen MR) is 79.2 cm³/mol. The van der Waals surface area contributed by atoms with Gasteiger partial charge < -0.3 is 10.4 Å². The third kappa shape index (κ3) is 2.74. The maximum atomic E-state index is 13.6. The van der Waals surface area contributed by atoms with Crippen molar-refractivity contribution in [2.75, 3.05) is 5.32 Å². The largest absolute Gasteiger partial charge is 0.506 e. The molecule has 0 unspecified atom stereocenters. The number of para-hydroxylation sites is 1. The number of aromatic hydroxyl groups is 1. The summed E-state index contributed by atoms with van der Waals surface area (Å²) in [6.45, 7) is 0. The van der Waals surface area contributed by atoms with Gasteiger partial charge in [0.1, 0.15) is 28.8 Å². The minimum absolute atomic E-state index is 0.106. The molecular formula is C13H8ClF2N3OS. The van der Waals surface area contributed by atoms with Gasteiger partial charge in [-0.15, -0.1) is 0 Å². The molecule has 2 aromatic rings. The Bertz CT molecular complexity index is 734. The third-order valence-electron chi connectivity index (χ3n) is 2.71. The van der Waals surface area contributed by atoms with Crippen molar-refractivity contribution in [1.82, 2.24) is 4.72 Å². The lowest BCUT2D eigenvalue weighted by Gasteiger charge is -2.19. The van der Waals surface area contributed by atoms with Crippen molar-refractivity contribution in [1.29, 1.82) is 0 Å². The number of nitrogens with zero attached hydrogens (tertiary/aromatic N) is 1. The highest BCUT2D eigenvalue weighted by molar-refractivity contribution is 7.98. The highest BCUT2D eigenvalue weighted by Gasteiger charge is 2.19. The number of nitrogens with one attached hydrogen (secondary N) is 2. The van der Waals surface area contributed by atoms with Crippen LogP contribution in [0.3, 0.4) is 0 Å². The summed E-state index contributed by atoms with van der Waals surface area (Å²) in [5.74, 6) is -1.49. The molecule has 1 aliphatic heterocycles. The Kier molecular flexibility index (Phi) is 3.60. The predicted octanol–water partition coefficient (Wildman–Crippen LogP) is 4.03. The molecule has 0 atom stereocenters. The van der Waals surface area contributed by atoms with Crippen molar-refractivity contribution in [3.8, 4) is 5.75 Å². The van der Waals surface area contributed by atoms with Gasteiger partial charge in [-0.05, 0) is 30.1 Å². The van der Waals surface area contributed by atoms with Crippen molar-refractivity contribution in [2.24, 2.45) is 4.99 Å². The Morgan fingerprint density at radius 1 is 1.24 bits per heavy atom. The van der Waals surface area contributed by atoms with E-state index in [4.69, 9.17) is 11.6 Å². The van der Waals surface area contributed by atoms with Gasteiger partial charge in [-0.3, -0.25) is 4.72 Å². The van der Waals surface area contributed by atoms with Crippen molar-refractivity contribution >= 4 is 40.9 Å². The van der Waals surface area contributed by atoms with E-state index >= 15 is 0 Å². The molecule has 1 heterocycles. The molecular weight excluding hydrogens is 320 g/mol. The van der Waals surface area contributed by atoms with Crippen molar-refractivity contribution in [2.45, 2.75) is 4.90 Å². The molecule has 0 saturated heterocycles. The number of halogens is 3. The van der Waals surface area contributed by atoms with Crippen LogP contribution < -0.4 is 10.0 Å². The van der Waals surface area contributed by atoms with Gasteiger partial charge in [-0.1, -0.05) is 17.7 Å². The van der Waals surface area contributed by atoms with Gasteiger partial charge >= 0.3 is 0 Å². The number of fused-ring (bicyclic) bond motifs is 1. The highest BCUT2D eigenvalue weighted by Crippen LogP contribution is 2.41. The summed E-state index contributed by atoms with van der Waals surface area (Å²) in [5.41, 5.74) is -0.0383. The van der Waals surface area contributed by atoms with Crippen LogP contribution in [0.5, 0.6) is 5.75 Å². The number of phenolic OH excluding ortho intramolecular Hbond substituents is 1. The summed E-state index contributed by atoms with van der Waals surface area (Å²) in [4.78, 5) is 4.71. The van der Waals surface area contributed by atoms with Crippen LogP contribution in [0.25, 0.3) is 0 Å². The van der Waals surface area contributed by atoms with Crippen LogP contribution in [0, 0.1) is 11.6 Å². The zero-order chi connectivity index (χ0) is 15.0. The first-order valence-electron chi connectivity index (χ1n) is 5.79. The molecule has 3 rings (SSSR count). The first kappa shape index (κ1) is 14.0. The summed E-state index contributed by atoms with van der Waals surface area (Å²) in [6.07, 6.45) is 0. The first-order chi connectivity index (χ1) is 10.0. The zero-order valence-electron chi connectivity index (χ0n) is 10.3. The number of hydrogen-bond acceptors (Lipinski definition) is 5. The van der Waals surface area contributed by atoms with Crippen LogP contribution in [-0.2, 0) is 0 Å². The first-order valence-corrected chi connectivity index (χ1v) is 6.99. The topological polar surface area (TPSA) is 56.7 Å². The van der Waals surface area contributed by atoms with E-state index in [1.807, 2.05) is 0 Å². The van der Waals surface area contributed by atoms with E-state index in [0.29, 0.717) is 9.92 Å². The molecule has 0 bridgehead atoms. The SMILES string of the molecule is Oc1cc(Cl)cc2c1N=C(Nc1c(F)cccc1F)NS2. The van der Waals surface area contributed by atoms with Gasteiger partial charge in [0.15, 0.2) is 0 Å². The van der Waals surface area contributed by atoms with Crippen LogP contribution in [0.15, 0.2) is 40.2 Å². The molecule has 0 radical (unpaired) electrons. The molecule has 1 aliphatic rings. The van der Waals surface area contributed by atoms with Gasteiger partial charge in [0.25, 0.3) is 0 Å². The maximum absolute atomic E-state index is 13.6. The number of benzene rings is 2. The number of hydrogen-bond donors (Lipinski definition) is 3. The molecule has 0 fully saturated rings. The second-order valence-electron chi connectivity index (χ2n) is 4.16. The summed E-state index contributed by atoms with van der Waals surface area (Å²) in [7, 11) is 0. The average molecular weight is 328 g/mol. The van der Waals surface area contributed by atoms with Gasteiger partial charge in [-0.2, -0.15) is 0 Å². The quantitative estimate of drug-likeness (QED) is 0.692. The van der Waals surface area contributed by atoms with Crippen LogP contribution in [0.1, 0.15) is 0 Å². The molecule has 4 nitrogen and oxygen atoms in total. The maximum Gasteiger partial charge on any atom is 0.211 e. The smallest absolute Gasteiger partial charge is 0.211 e. The van der Waals surface area contributed by atoms with E-state index in [1.165, 1.54) is 12.1 Å². The minimum atomic E-state index is -0.740. The van der Waals surface area contributed by atoms with Crippen LogP contribution in [0.2, 0.25) is 5.02 Å². The number of guanidine groups is 1. The van der Waals surface area contributed by atoms with E-state index < -0.39 is 11.6 Å². The third-order valence-corrected chi connectivity index (χ3v) is 3.75. The minimum Gasteiger partial charge on any atom is -0.506 e. The fraction of sp³-hybridized carbons (Fsp3) is 0. The van der Waals surface area contributed by atoms with Gasteiger partial charge in [0, 0.05) is 11.1 Å². The lowest BCUT2D eigenvalue weighted by molar-refractivity contribution is 0.475. The highest BCUT2D eigenvalue weighted by atomic mass is 35.5. The van der Waals surface area contributed by atoms with E-state index in [0.717, 1.165) is 24.1 Å². The Hall–Kier alpha value is -1.99. The van der Waals surface area contributed by atoms with Gasteiger partial charge in [0.2, 0.25) is 5.96 Å². The van der Waals surface area contributed by atoms with E-state index in [1.54, 1.807) is 6.07 Å². The number of anilines is 1. The van der Waals surface area contributed by atoms with Crippen molar-refractivity contribution < 1.29 is 13.9 Å². The summed E-state index contributed by atoms with van der Waals surface area (Å²) >= 11 is 6.95. The molecule has 0 aromatic heterocycles. The zero-order valence-corrected chi connectivity index (χ0v) is 11.9. The molecule has 0 spiro atoms. The number of rotatable bonds is 1. The van der Waals surface area contributed by atoms with Crippen LogP contribution in [-0.4, -0.2) is 11.1 Å². The molecule has 108 valence electrons. The summed E-state index contributed by atoms with van der Waals surface area (Å²) in [6, 6.07) is 6.50. The molecule has 0 amide bonds. The monoisotopic (exact) mass is 327 g/mol. The van der Waals surface area contributed by atoms with Crippen LogP contribution >= 0.6 is 23.5 Å². The van der Waals surface area contributed by atoms with Gasteiger partial charge in [0.05, 0.1) is 4.90 Å². The molecule has 3 N–H and O–H groups in total. The normalized spacial score (nSPS) is 13.2. The van der Waals surface area contributed by atoms with Crippen LogP contribution in [0.4, 0.5) is 20.2 Å². The summed E-state index contributed by atoms with van der Waals surface area (Å²) < 4.78 is 29.9. The van der Waals surface area contributed by atoms with Crippen molar-refractivity contribution in [3.05, 3.63) is 47.0 Å². The van der Waals surface area contributed by atoms with E-state index in [-0.39, 0.29) is 23.1 Å². The van der Waals surface area contributed by atoms with Crippen molar-refractivity contribution in [3.63, 3.8) is 0 Å².